The largest absolute Gasteiger partial charge is 0.301 e. The zero-order valence-electron chi connectivity index (χ0n) is 12.7. The molecule has 0 bridgehead atoms. The van der Waals surface area contributed by atoms with E-state index in [9.17, 15) is 4.79 Å². The topological polar surface area (TPSA) is 71.5 Å². The molecule has 4 aromatic rings. The van der Waals surface area contributed by atoms with Gasteiger partial charge < -0.3 is 4.98 Å². The molecule has 3 aromatic heterocycles. The van der Waals surface area contributed by atoms with E-state index in [1.165, 1.54) is 24.0 Å². The lowest BCUT2D eigenvalue weighted by Gasteiger charge is -2.06. The zero-order valence-corrected chi connectivity index (χ0v) is 14.3. The van der Waals surface area contributed by atoms with Crippen LogP contribution in [0.25, 0.3) is 21.3 Å². The molecular formula is C17H12N4OS2. The second-order valence-electron chi connectivity index (χ2n) is 5.11. The fourth-order valence-corrected chi connectivity index (χ4v) is 4.40. The summed E-state index contributed by atoms with van der Waals surface area (Å²) < 4.78 is 0. The first-order valence-corrected chi connectivity index (χ1v) is 8.95. The Morgan fingerprint density at radius 2 is 1.96 bits per heavy atom. The number of rotatable bonds is 3. The Hall–Kier alpha value is -2.51. The van der Waals surface area contributed by atoms with Crippen LogP contribution in [0.4, 0.5) is 0 Å². The molecule has 0 unspecified atom stereocenters. The highest BCUT2D eigenvalue weighted by Gasteiger charge is 2.16. The molecule has 0 radical (unpaired) electrons. The Morgan fingerprint density at radius 1 is 1.12 bits per heavy atom. The van der Waals surface area contributed by atoms with Crippen molar-refractivity contribution in [3.63, 3.8) is 0 Å². The van der Waals surface area contributed by atoms with Gasteiger partial charge in [-0.1, -0.05) is 30.3 Å². The Labute approximate surface area is 145 Å². The van der Waals surface area contributed by atoms with E-state index >= 15 is 0 Å². The molecule has 0 amide bonds. The van der Waals surface area contributed by atoms with Crippen molar-refractivity contribution >= 4 is 33.3 Å². The summed E-state index contributed by atoms with van der Waals surface area (Å²) in [5.74, 6) is 0.699. The van der Waals surface area contributed by atoms with Crippen molar-refractivity contribution in [3.05, 3.63) is 64.2 Å². The fourth-order valence-electron chi connectivity index (χ4n) is 2.41. The number of thiophene rings is 1. The van der Waals surface area contributed by atoms with E-state index in [0.29, 0.717) is 11.0 Å². The minimum atomic E-state index is -0.178. The van der Waals surface area contributed by atoms with Crippen LogP contribution in [0, 0.1) is 6.92 Å². The van der Waals surface area contributed by atoms with Crippen LogP contribution >= 0.6 is 23.1 Å². The van der Waals surface area contributed by atoms with Gasteiger partial charge in [-0.3, -0.25) is 4.79 Å². The molecule has 4 rings (SSSR count). The van der Waals surface area contributed by atoms with Gasteiger partial charge in [0.15, 0.2) is 5.16 Å². The number of hydrogen-bond donors (Lipinski definition) is 1. The molecular weight excluding hydrogens is 340 g/mol. The average Bonchev–Trinajstić information content (AvgIpc) is 2.99. The number of aromatic nitrogens is 4. The molecule has 0 aliphatic rings. The van der Waals surface area contributed by atoms with Crippen molar-refractivity contribution in [2.45, 2.75) is 17.1 Å². The Kier molecular flexibility index (Phi) is 3.87. The molecule has 118 valence electrons. The third kappa shape index (κ3) is 2.83. The van der Waals surface area contributed by atoms with E-state index in [1.807, 2.05) is 25.1 Å². The predicted molar refractivity (Wildman–Crippen MR) is 96.6 cm³/mol. The summed E-state index contributed by atoms with van der Waals surface area (Å²) in [7, 11) is 0. The third-order valence-corrected chi connectivity index (χ3v) is 5.20. The molecule has 0 atom stereocenters. The molecule has 0 saturated heterocycles. The predicted octanol–water partition coefficient (Wildman–Crippen LogP) is 3.90. The van der Waals surface area contributed by atoms with Gasteiger partial charge in [0.05, 0.1) is 5.39 Å². The molecule has 0 aliphatic carbocycles. The van der Waals surface area contributed by atoms with E-state index in [2.05, 4.69) is 37.4 Å². The standard InChI is InChI=1S/C17H12N4OS2/c1-10-19-15-14(12(9-23-15)11-5-3-2-4-6-11)16(20-10)24-17-18-8-7-13(22)21-17/h2-9H,1H3,(H,18,21,22). The molecule has 0 aliphatic heterocycles. The lowest BCUT2D eigenvalue weighted by Crippen LogP contribution is -2.05. The monoisotopic (exact) mass is 352 g/mol. The summed E-state index contributed by atoms with van der Waals surface area (Å²) in [4.78, 5) is 28.5. The SMILES string of the molecule is Cc1nc(Sc2nccc(=O)[nH]2)c2c(-c3ccccc3)csc2n1. The molecule has 7 heteroatoms. The average molecular weight is 352 g/mol. The van der Waals surface area contributed by atoms with E-state index in [4.69, 9.17) is 0 Å². The van der Waals surface area contributed by atoms with E-state index < -0.39 is 0 Å². The van der Waals surface area contributed by atoms with Crippen LogP contribution in [0.2, 0.25) is 0 Å². The van der Waals surface area contributed by atoms with Gasteiger partial charge in [0.25, 0.3) is 5.56 Å². The van der Waals surface area contributed by atoms with Crippen LogP contribution < -0.4 is 5.56 Å². The van der Waals surface area contributed by atoms with Crippen LogP contribution in [0.15, 0.2) is 63.0 Å². The highest BCUT2D eigenvalue weighted by molar-refractivity contribution is 7.99. The molecule has 0 spiro atoms. The number of benzene rings is 1. The first-order valence-electron chi connectivity index (χ1n) is 7.25. The summed E-state index contributed by atoms with van der Waals surface area (Å²) in [6.07, 6.45) is 1.50. The number of aromatic amines is 1. The second kappa shape index (κ2) is 6.18. The van der Waals surface area contributed by atoms with Gasteiger partial charge in [-0.15, -0.1) is 11.3 Å². The molecule has 3 heterocycles. The van der Waals surface area contributed by atoms with Gasteiger partial charge in [0, 0.05) is 23.2 Å². The highest BCUT2D eigenvalue weighted by atomic mass is 32.2. The lowest BCUT2D eigenvalue weighted by atomic mass is 10.1. The minimum absolute atomic E-state index is 0.178. The first-order chi connectivity index (χ1) is 11.7. The van der Waals surface area contributed by atoms with Crippen molar-refractivity contribution in [1.29, 1.82) is 0 Å². The maximum absolute atomic E-state index is 11.5. The molecule has 1 aromatic carbocycles. The van der Waals surface area contributed by atoms with Crippen molar-refractivity contribution < 1.29 is 0 Å². The molecule has 5 nitrogen and oxygen atoms in total. The third-order valence-electron chi connectivity index (χ3n) is 3.44. The number of fused-ring (bicyclic) bond motifs is 1. The van der Waals surface area contributed by atoms with E-state index in [-0.39, 0.29) is 5.56 Å². The number of nitrogens with one attached hydrogen (secondary N) is 1. The van der Waals surface area contributed by atoms with Crippen molar-refractivity contribution in [2.24, 2.45) is 0 Å². The van der Waals surface area contributed by atoms with Crippen molar-refractivity contribution in [1.82, 2.24) is 19.9 Å². The second-order valence-corrected chi connectivity index (χ2v) is 6.95. The Balaban J connectivity index is 1.91. The van der Waals surface area contributed by atoms with Crippen LogP contribution in [-0.4, -0.2) is 19.9 Å². The molecule has 1 N–H and O–H groups in total. The summed E-state index contributed by atoms with van der Waals surface area (Å²) in [6.45, 7) is 1.87. The van der Waals surface area contributed by atoms with Crippen LogP contribution in [0.1, 0.15) is 5.82 Å². The van der Waals surface area contributed by atoms with Gasteiger partial charge >= 0.3 is 0 Å². The van der Waals surface area contributed by atoms with Crippen LogP contribution in [0.5, 0.6) is 0 Å². The van der Waals surface area contributed by atoms with Gasteiger partial charge in [-0.2, -0.15) is 0 Å². The van der Waals surface area contributed by atoms with Crippen LogP contribution in [0.3, 0.4) is 0 Å². The number of aryl methyl sites for hydroxylation is 1. The van der Waals surface area contributed by atoms with Gasteiger partial charge in [0.1, 0.15) is 15.7 Å². The van der Waals surface area contributed by atoms with Gasteiger partial charge in [-0.05, 0) is 24.2 Å². The Bertz CT molecular complexity index is 1070. The van der Waals surface area contributed by atoms with Crippen molar-refractivity contribution in [3.8, 4) is 11.1 Å². The summed E-state index contributed by atoms with van der Waals surface area (Å²) in [6, 6.07) is 11.5. The quantitative estimate of drug-likeness (QED) is 0.447. The number of nitrogens with zero attached hydrogens (tertiary/aromatic N) is 3. The van der Waals surface area contributed by atoms with Crippen molar-refractivity contribution in [2.75, 3.05) is 0 Å². The smallest absolute Gasteiger partial charge is 0.251 e. The van der Waals surface area contributed by atoms with Gasteiger partial charge in [0.2, 0.25) is 0 Å². The van der Waals surface area contributed by atoms with Crippen LogP contribution in [-0.2, 0) is 0 Å². The fraction of sp³-hybridized carbons (Fsp3) is 0.0588. The number of hydrogen-bond acceptors (Lipinski definition) is 6. The molecule has 0 saturated carbocycles. The molecule has 0 fully saturated rings. The Morgan fingerprint density at radius 3 is 2.75 bits per heavy atom. The maximum Gasteiger partial charge on any atom is 0.251 e. The highest BCUT2D eigenvalue weighted by Crippen LogP contribution is 2.39. The lowest BCUT2D eigenvalue weighted by molar-refractivity contribution is 0.928. The first kappa shape index (κ1) is 15.0. The summed E-state index contributed by atoms with van der Waals surface area (Å²) in [5, 5.41) is 4.41. The number of H-pyrrole nitrogens is 1. The summed E-state index contributed by atoms with van der Waals surface area (Å²) in [5.41, 5.74) is 2.03. The zero-order chi connectivity index (χ0) is 16.5. The van der Waals surface area contributed by atoms with Gasteiger partial charge in [-0.25, -0.2) is 15.0 Å². The summed E-state index contributed by atoms with van der Waals surface area (Å²) >= 11 is 2.94. The molecule has 24 heavy (non-hydrogen) atoms. The van der Waals surface area contributed by atoms with E-state index in [0.717, 1.165) is 26.4 Å². The van der Waals surface area contributed by atoms with E-state index in [1.54, 1.807) is 11.3 Å². The normalized spacial score (nSPS) is 11.0. The minimum Gasteiger partial charge on any atom is -0.301 e. The maximum atomic E-state index is 11.5.